The van der Waals surface area contributed by atoms with E-state index in [1.54, 1.807) is 0 Å². The highest BCUT2D eigenvalue weighted by molar-refractivity contribution is 4.62. The molecule has 0 radical (unpaired) electrons. The normalized spacial score (nSPS) is 12.5. The van der Waals surface area contributed by atoms with E-state index < -0.39 is 0 Å². The lowest BCUT2D eigenvalue weighted by Crippen LogP contribution is -2.01. The molecule has 0 aliphatic rings. The number of rotatable bonds is 27. The molecule has 0 aliphatic heterocycles. The van der Waals surface area contributed by atoms with Crippen molar-refractivity contribution in [1.82, 2.24) is 0 Å². The summed E-state index contributed by atoms with van der Waals surface area (Å²) in [6.07, 6.45) is 39.8. The molecule has 0 spiro atoms. The van der Waals surface area contributed by atoms with Crippen molar-refractivity contribution in [1.29, 1.82) is 0 Å². The lowest BCUT2D eigenvalue weighted by Gasteiger charge is -2.17. The molecule has 31 heavy (non-hydrogen) atoms. The topological polar surface area (TPSA) is 0 Å². The molecular weight excluding hydrogens is 372 g/mol. The smallest absolute Gasteiger partial charge is 0.0414 e. The summed E-state index contributed by atoms with van der Waals surface area (Å²) in [6, 6.07) is 0. The fraction of sp³-hybridized carbons (Fsp3) is 1.00. The first-order valence-electron chi connectivity index (χ1n) is 15.3. The van der Waals surface area contributed by atoms with E-state index in [0.29, 0.717) is 0 Å². The largest absolute Gasteiger partial charge is 0.0654 e. The molecule has 0 amide bonds. The SMILES string of the molecule is CCCCCCCCCCCCCC(CCCCCC)CCCCCCCCCCC. The molecule has 0 bridgehead atoms. The molecule has 0 aromatic carbocycles. The van der Waals surface area contributed by atoms with Crippen LogP contribution in [0.5, 0.6) is 0 Å². The highest BCUT2D eigenvalue weighted by atomic mass is 14.1. The van der Waals surface area contributed by atoms with Crippen LogP contribution in [0.25, 0.3) is 0 Å². The maximum atomic E-state index is 2.34. The summed E-state index contributed by atoms with van der Waals surface area (Å²) in [4.78, 5) is 0. The Hall–Kier alpha value is 0. The lowest BCUT2D eigenvalue weighted by molar-refractivity contribution is 0.366. The Morgan fingerprint density at radius 2 is 0.452 bits per heavy atom. The van der Waals surface area contributed by atoms with Gasteiger partial charge in [0.05, 0.1) is 0 Å². The van der Waals surface area contributed by atoms with Crippen molar-refractivity contribution in [3.63, 3.8) is 0 Å². The summed E-state index contributed by atoms with van der Waals surface area (Å²) < 4.78 is 0. The van der Waals surface area contributed by atoms with Gasteiger partial charge in [0.25, 0.3) is 0 Å². The van der Waals surface area contributed by atoms with Crippen LogP contribution in [0.3, 0.4) is 0 Å². The first kappa shape index (κ1) is 31.0. The van der Waals surface area contributed by atoms with Crippen LogP contribution in [0.4, 0.5) is 0 Å². The van der Waals surface area contributed by atoms with Crippen LogP contribution in [0.1, 0.15) is 194 Å². The van der Waals surface area contributed by atoms with E-state index in [-0.39, 0.29) is 0 Å². The van der Waals surface area contributed by atoms with Crippen molar-refractivity contribution in [2.75, 3.05) is 0 Å². The maximum Gasteiger partial charge on any atom is -0.0414 e. The Kier molecular flexibility index (Phi) is 28.0. The van der Waals surface area contributed by atoms with E-state index in [1.165, 1.54) is 173 Å². The maximum absolute atomic E-state index is 2.34. The molecule has 0 fully saturated rings. The molecule has 188 valence electrons. The molecule has 1 atom stereocenters. The van der Waals surface area contributed by atoms with Crippen molar-refractivity contribution in [3.05, 3.63) is 0 Å². The second-order valence-electron chi connectivity index (χ2n) is 10.7. The highest BCUT2D eigenvalue weighted by Gasteiger charge is 2.08. The Bertz CT molecular complexity index is 294. The monoisotopic (exact) mass is 437 g/mol. The molecule has 0 heteroatoms. The van der Waals surface area contributed by atoms with E-state index in [4.69, 9.17) is 0 Å². The fourth-order valence-electron chi connectivity index (χ4n) is 5.13. The Morgan fingerprint density at radius 1 is 0.258 bits per heavy atom. The first-order chi connectivity index (χ1) is 15.3. The van der Waals surface area contributed by atoms with Crippen LogP contribution in [0.2, 0.25) is 0 Å². The quantitative estimate of drug-likeness (QED) is 0.112. The van der Waals surface area contributed by atoms with Crippen LogP contribution in [0, 0.1) is 5.92 Å². The molecule has 0 saturated heterocycles. The summed E-state index contributed by atoms with van der Waals surface area (Å²) in [5.41, 5.74) is 0. The predicted octanol–water partition coefficient (Wildman–Crippen LogP) is 12.2. The first-order valence-corrected chi connectivity index (χ1v) is 15.3. The minimum absolute atomic E-state index is 1.04. The third kappa shape index (κ3) is 26.1. The van der Waals surface area contributed by atoms with Gasteiger partial charge in [-0.1, -0.05) is 194 Å². The van der Waals surface area contributed by atoms with Gasteiger partial charge < -0.3 is 0 Å². The fourth-order valence-corrected chi connectivity index (χ4v) is 5.13. The van der Waals surface area contributed by atoms with Crippen LogP contribution in [0.15, 0.2) is 0 Å². The van der Waals surface area contributed by atoms with E-state index in [1.807, 2.05) is 0 Å². The summed E-state index contributed by atoms with van der Waals surface area (Å²) >= 11 is 0. The van der Waals surface area contributed by atoms with Crippen molar-refractivity contribution in [2.24, 2.45) is 5.92 Å². The minimum atomic E-state index is 1.04. The summed E-state index contributed by atoms with van der Waals surface area (Å²) in [5.74, 6) is 1.04. The third-order valence-electron chi connectivity index (χ3n) is 7.40. The molecule has 0 rings (SSSR count). The van der Waals surface area contributed by atoms with Gasteiger partial charge in [-0.05, 0) is 5.92 Å². The average molecular weight is 437 g/mol. The van der Waals surface area contributed by atoms with Crippen LogP contribution in [-0.2, 0) is 0 Å². The van der Waals surface area contributed by atoms with Gasteiger partial charge in [-0.15, -0.1) is 0 Å². The van der Waals surface area contributed by atoms with Gasteiger partial charge in [0.15, 0.2) is 0 Å². The van der Waals surface area contributed by atoms with Crippen LogP contribution >= 0.6 is 0 Å². The van der Waals surface area contributed by atoms with Gasteiger partial charge in [-0.25, -0.2) is 0 Å². The van der Waals surface area contributed by atoms with E-state index >= 15 is 0 Å². The molecule has 0 nitrogen and oxygen atoms in total. The van der Waals surface area contributed by atoms with Gasteiger partial charge in [-0.2, -0.15) is 0 Å². The third-order valence-corrected chi connectivity index (χ3v) is 7.40. The van der Waals surface area contributed by atoms with Gasteiger partial charge in [0, 0.05) is 0 Å². The molecule has 1 unspecified atom stereocenters. The van der Waals surface area contributed by atoms with Gasteiger partial charge >= 0.3 is 0 Å². The number of hydrogen-bond donors (Lipinski definition) is 0. The Labute approximate surface area is 200 Å². The van der Waals surface area contributed by atoms with Gasteiger partial charge in [-0.3, -0.25) is 0 Å². The van der Waals surface area contributed by atoms with Crippen molar-refractivity contribution < 1.29 is 0 Å². The second kappa shape index (κ2) is 28.0. The zero-order valence-electron chi connectivity index (χ0n) is 22.7. The number of unbranched alkanes of at least 4 members (excludes halogenated alkanes) is 21. The zero-order chi connectivity index (χ0) is 22.7. The van der Waals surface area contributed by atoms with Crippen molar-refractivity contribution in [2.45, 2.75) is 194 Å². The highest BCUT2D eigenvalue weighted by Crippen LogP contribution is 2.24. The average Bonchev–Trinajstić information content (AvgIpc) is 2.78. The minimum Gasteiger partial charge on any atom is -0.0654 e. The molecule has 0 heterocycles. The summed E-state index contributed by atoms with van der Waals surface area (Å²) in [6.45, 7) is 6.96. The van der Waals surface area contributed by atoms with E-state index in [9.17, 15) is 0 Å². The summed E-state index contributed by atoms with van der Waals surface area (Å²) in [5, 5.41) is 0. The van der Waals surface area contributed by atoms with Crippen molar-refractivity contribution in [3.8, 4) is 0 Å². The lowest BCUT2D eigenvalue weighted by atomic mass is 9.89. The second-order valence-corrected chi connectivity index (χ2v) is 10.7. The molecule has 0 aromatic rings. The molecular formula is C31H64. The molecule has 0 N–H and O–H groups in total. The molecule has 0 saturated carbocycles. The number of hydrogen-bond acceptors (Lipinski definition) is 0. The van der Waals surface area contributed by atoms with Crippen molar-refractivity contribution >= 4 is 0 Å². The predicted molar refractivity (Wildman–Crippen MR) is 145 cm³/mol. The van der Waals surface area contributed by atoms with E-state index in [2.05, 4.69) is 20.8 Å². The van der Waals surface area contributed by atoms with Crippen LogP contribution in [-0.4, -0.2) is 0 Å². The molecule has 0 aliphatic carbocycles. The Morgan fingerprint density at radius 3 is 0.710 bits per heavy atom. The zero-order valence-corrected chi connectivity index (χ0v) is 22.7. The standard InChI is InChI=1S/C31H64/c1-4-7-10-13-15-17-18-20-22-24-27-30-31(28-25-12-9-6-3)29-26-23-21-19-16-14-11-8-5-2/h31H,4-30H2,1-3H3. The molecule has 0 aromatic heterocycles. The van der Waals surface area contributed by atoms with E-state index in [0.717, 1.165) is 5.92 Å². The summed E-state index contributed by atoms with van der Waals surface area (Å²) in [7, 11) is 0. The van der Waals surface area contributed by atoms with Crippen LogP contribution < -0.4 is 0 Å². The van der Waals surface area contributed by atoms with Gasteiger partial charge in [0.2, 0.25) is 0 Å². The van der Waals surface area contributed by atoms with Gasteiger partial charge in [0.1, 0.15) is 0 Å². The Balaban J connectivity index is 3.67.